The van der Waals surface area contributed by atoms with E-state index in [0.29, 0.717) is 0 Å². The zero-order chi connectivity index (χ0) is 13.0. The second-order valence-corrected chi connectivity index (χ2v) is 5.12. The normalized spacial score (nSPS) is 20.6. The smallest absolute Gasteiger partial charge is 0.121 e. The van der Waals surface area contributed by atoms with Gasteiger partial charge < -0.3 is 15.4 Å². The molecule has 1 aromatic rings. The molecule has 0 aliphatic carbocycles. The van der Waals surface area contributed by atoms with Crippen molar-refractivity contribution < 1.29 is 4.74 Å². The number of rotatable bonds is 3. The van der Waals surface area contributed by atoms with E-state index >= 15 is 0 Å². The molecule has 18 heavy (non-hydrogen) atoms. The lowest BCUT2D eigenvalue weighted by molar-refractivity contribution is 0.415. The third-order valence-corrected chi connectivity index (χ3v) is 4.00. The molecular formula is C15H24N2O. The Hall–Kier alpha value is -1.38. The predicted octanol–water partition coefficient (Wildman–Crippen LogP) is 3.29. The molecule has 1 heterocycles. The molecule has 100 valence electrons. The van der Waals surface area contributed by atoms with Crippen LogP contribution < -0.4 is 15.4 Å². The van der Waals surface area contributed by atoms with Crippen LogP contribution in [0.5, 0.6) is 5.75 Å². The standard InChI is InChI=1S/C15H24N2O/c1-3-12-5-4-9-17(10-8-12)15-11-13(18-2)6-7-14(15)16/h6-7,11-12H,3-5,8-10,16H2,1-2H3. The molecule has 1 saturated heterocycles. The van der Waals surface area contributed by atoms with E-state index in [0.717, 1.165) is 36.1 Å². The number of ether oxygens (including phenoxy) is 1. The summed E-state index contributed by atoms with van der Waals surface area (Å²) in [6.45, 7) is 4.50. The molecule has 0 spiro atoms. The average molecular weight is 248 g/mol. The monoisotopic (exact) mass is 248 g/mol. The zero-order valence-corrected chi connectivity index (χ0v) is 11.5. The van der Waals surface area contributed by atoms with E-state index in [2.05, 4.69) is 17.9 Å². The first kappa shape index (κ1) is 13.1. The summed E-state index contributed by atoms with van der Waals surface area (Å²) in [6.07, 6.45) is 5.17. The molecule has 0 saturated carbocycles. The third-order valence-electron chi connectivity index (χ3n) is 4.00. The van der Waals surface area contributed by atoms with Gasteiger partial charge in [0.2, 0.25) is 0 Å². The number of hydrogen-bond acceptors (Lipinski definition) is 3. The number of benzene rings is 1. The second-order valence-electron chi connectivity index (χ2n) is 5.12. The highest BCUT2D eigenvalue weighted by Crippen LogP contribution is 2.31. The Balaban J connectivity index is 2.15. The summed E-state index contributed by atoms with van der Waals surface area (Å²) in [4.78, 5) is 2.41. The lowest BCUT2D eigenvalue weighted by atomic mass is 9.98. The molecule has 0 amide bonds. The van der Waals surface area contributed by atoms with Gasteiger partial charge in [0, 0.05) is 19.2 Å². The van der Waals surface area contributed by atoms with E-state index in [1.807, 2.05) is 12.1 Å². The van der Waals surface area contributed by atoms with E-state index < -0.39 is 0 Å². The highest BCUT2D eigenvalue weighted by Gasteiger charge is 2.17. The van der Waals surface area contributed by atoms with Crippen LogP contribution >= 0.6 is 0 Å². The summed E-state index contributed by atoms with van der Waals surface area (Å²) in [5.74, 6) is 1.76. The maximum Gasteiger partial charge on any atom is 0.121 e. The zero-order valence-electron chi connectivity index (χ0n) is 11.5. The Morgan fingerprint density at radius 2 is 2.17 bits per heavy atom. The van der Waals surface area contributed by atoms with Gasteiger partial charge in [-0.15, -0.1) is 0 Å². The quantitative estimate of drug-likeness (QED) is 0.834. The average Bonchev–Trinajstić information content (AvgIpc) is 2.64. The van der Waals surface area contributed by atoms with Crippen molar-refractivity contribution in [3.63, 3.8) is 0 Å². The number of methoxy groups -OCH3 is 1. The van der Waals surface area contributed by atoms with Crippen LogP contribution in [0, 0.1) is 5.92 Å². The summed E-state index contributed by atoms with van der Waals surface area (Å²) in [7, 11) is 1.70. The molecule has 0 bridgehead atoms. The van der Waals surface area contributed by atoms with Crippen LogP contribution in [0.25, 0.3) is 0 Å². The van der Waals surface area contributed by atoms with Gasteiger partial charge in [-0.05, 0) is 37.3 Å². The van der Waals surface area contributed by atoms with Gasteiger partial charge in [-0.2, -0.15) is 0 Å². The molecule has 0 aromatic heterocycles. The van der Waals surface area contributed by atoms with Crippen molar-refractivity contribution in [1.82, 2.24) is 0 Å². The van der Waals surface area contributed by atoms with Gasteiger partial charge in [0.15, 0.2) is 0 Å². The lowest BCUT2D eigenvalue weighted by Gasteiger charge is -2.25. The van der Waals surface area contributed by atoms with Crippen molar-refractivity contribution in [2.45, 2.75) is 32.6 Å². The van der Waals surface area contributed by atoms with Crippen LogP contribution in [-0.2, 0) is 0 Å². The molecule has 3 heteroatoms. The van der Waals surface area contributed by atoms with Crippen molar-refractivity contribution in [2.75, 3.05) is 30.8 Å². The highest BCUT2D eigenvalue weighted by atomic mass is 16.5. The fraction of sp³-hybridized carbons (Fsp3) is 0.600. The van der Waals surface area contributed by atoms with Gasteiger partial charge in [-0.1, -0.05) is 13.3 Å². The topological polar surface area (TPSA) is 38.5 Å². The number of nitrogens with zero attached hydrogens (tertiary/aromatic N) is 1. The highest BCUT2D eigenvalue weighted by molar-refractivity contribution is 5.69. The van der Waals surface area contributed by atoms with E-state index in [4.69, 9.17) is 10.5 Å². The maximum absolute atomic E-state index is 6.10. The van der Waals surface area contributed by atoms with Gasteiger partial charge in [0.25, 0.3) is 0 Å². The van der Waals surface area contributed by atoms with E-state index in [1.54, 1.807) is 7.11 Å². The first-order valence-corrected chi connectivity index (χ1v) is 6.93. The van der Waals surface area contributed by atoms with Gasteiger partial charge in [-0.3, -0.25) is 0 Å². The largest absolute Gasteiger partial charge is 0.497 e. The van der Waals surface area contributed by atoms with Gasteiger partial charge in [0.05, 0.1) is 18.5 Å². The Labute approximate surface area is 110 Å². The fourth-order valence-corrected chi connectivity index (χ4v) is 2.74. The van der Waals surface area contributed by atoms with Crippen LogP contribution in [0.3, 0.4) is 0 Å². The van der Waals surface area contributed by atoms with E-state index in [9.17, 15) is 0 Å². The molecule has 0 radical (unpaired) electrons. The van der Waals surface area contributed by atoms with Crippen LogP contribution in [0.2, 0.25) is 0 Å². The molecule has 2 N–H and O–H groups in total. The molecule has 1 aromatic carbocycles. The van der Waals surface area contributed by atoms with Crippen LogP contribution in [0.15, 0.2) is 18.2 Å². The summed E-state index contributed by atoms with van der Waals surface area (Å²) in [5.41, 5.74) is 8.08. The number of nitrogen functional groups attached to an aromatic ring is 1. The van der Waals surface area contributed by atoms with Gasteiger partial charge >= 0.3 is 0 Å². The van der Waals surface area contributed by atoms with Crippen molar-refractivity contribution in [1.29, 1.82) is 0 Å². The molecular weight excluding hydrogens is 224 g/mol. The molecule has 3 nitrogen and oxygen atoms in total. The van der Waals surface area contributed by atoms with Crippen molar-refractivity contribution in [2.24, 2.45) is 5.92 Å². The van der Waals surface area contributed by atoms with Crippen LogP contribution in [-0.4, -0.2) is 20.2 Å². The van der Waals surface area contributed by atoms with Crippen LogP contribution in [0.4, 0.5) is 11.4 Å². The summed E-state index contributed by atoms with van der Waals surface area (Å²) < 4.78 is 5.29. The van der Waals surface area contributed by atoms with Crippen LogP contribution in [0.1, 0.15) is 32.6 Å². The summed E-state index contributed by atoms with van der Waals surface area (Å²) in [6, 6.07) is 5.92. The second kappa shape index (κ2) is 5.98. The number of anilines is 2. The molecule has 2 rings (SSSR count). The number of hydrogen-bond donors (Lipinski definition) is 1. The number of nitrogens with two attached hydrogens (primary N) is 1. The van der Waals surface area contributed by atoms with Crippen molar-refractivity contribution in [3.8, 4) is 5.75 Å². The Bertz CT molecular complexity index is 392. The molecule has 1 atom stereocenters. The summed E-state index contributed by atoms with van der Waals surface area (Å²) >= 11 is 0. The summed E-state index contributed by atoms with van der Waals surface area (Å²) in [5, 5.41) is 0. The third kappa shape index (κ3) is 2.89. The molecule has 1 fully saturated rings. The molecule has 1 aliphatic heterocycles. The minimum atomic E-state index is 0.853. The molecule has 1 aliphatic rings. The Kier molecular flexibility index (Phi) is 4.34. The van der Waals surface area contributed by atoms with Crippen molar-refractivity contribution >= 4 is 11.4 Å². The maximum atomic E-state index is 6.10. The first-order valence-electron chi connectivity index (χ1n) is 6.93. The van der Waals surface area contributed by atoms with Gasteiger partial charge in [-0.25, -0.2) is 0 Å². The van der Waals surface area contributed by atoms with Crippen molar-refractivity contribution in [3.05, 3.63) is 18.2 Å². The van der Waals surface area contributed by atoms with Gasteiger partial charge in [0.1, 0.15) is 5.75 Å². The first-order chi connectivity index (χ1) is 8.74. The SMILES string of the molecule is CCC1CCCN(c2cc(OC)ccc2N)CC1. The minimum absolute atomic E-state index is 0.853. The lowest BCUT2D eigenvalue weighted by Crippen LogP contribution is -2.25. The molecule has 1 unspecified atom stereocenters. The fourth-order valence-electron chi connectivity index (χ4n) is 2.74. The minimum Gasteiger partial charge on any atom is -0.497 e. The Morgan fingerprint density at radius 3 is 2.89 bits per heavy atom. The van der Waals surface area contributed by atoms with E-state index in [1.165, 1.54) is 25.7 Å². The van der Waals surface area contributed by atoms with E-state index in [-0.39, 0.29) is 0 Å². The Morgan fingerprint density at radius 1 is 1.33 bits per heavy atom. The predicted molar refractivity (Wildman–Crippen MR) is 77.3 cm³/mol.